The van der Waals surface area contributed by atoms with E-state index < -0.39 is 0 Å². The van der Waals surface area contributed by atoms with Crippen LogP contribution in [0.15, 0.2) is 48.5 Å². The van der Waals surface area contributed by atoms with E-state index in [1.54, 1.807) is 43.5 Å². The van der Waals surface area contributed by atoms with Crippen LogP contribution in [0.2, 0.25) is 0 Å². The number of hydrogen-bond acceptors (Lipinski definition) is 4. The number of nitrogens with one attached hydrogen (secondary N) is 2. The zero-order valence-electron chi connectivity index (χ0n) is 12.8. The first kappa shape index (κ1) is 15.8. The highest BCUT2D eigenvalue weighted by atomic mass is 16.5. The van der Waals surface area contributed by atoms with Crippen LogP contribution in [0.1, 0.15) is 29.3 Å². The summed E-state index contributed by atoms with van der Waals surface area (Å²) in [6, 6.07) is 14.2. The first-order valence-corrected chi connectivity index (χ1v) is 7.28. The molecule has 0 aliphatic carbocycles. The summed E-state index contributed by atoms with van der Waals surface area (Å²) in [7, 11) is 1.60. The highest BCUT2D eigenvalue weighted by Gasteiger charge is 2.17. The lowest BCUT2D eigenvalue weighted by molar-refractivity contribution is 0.106. The molecular formula is C18H20N2O2. The lowest BCUT2D eigenvalue weighted by Gasteiger charge is -2.13. The molecule has 0 aliphatic rings. The highest BCUT2D eigenvalue weighted by Crippen LogP contribution is 2.24. The smallest absolute Gasteiger partial charge is 0.211 e. The minimum atomic E-state index is -0.287. The van der Waals surface area contributed by atoms with Crippen LogP contribution in [0.5, 0.6) is 5.75 Å². The van der Waals surface area contributed by atoms with Gasteiger partial charge in [0.25, 0.3) is 0 Å². The van der Waals surface area contributed by atoms with Crippen molar-refractivity contribution in [1.29, 1.82) is 5.41 Å². The fourth-order valence-electron chi connectivity index (χ4n) is 2.13. The van der Waals surface area contributed by atoms with E-state index in [2.05, 4.69) is 12.2 Å². The third-order valence-electron chi connectivity index (χ3n) is 3.32. The second-order valence-corrected chi connectivity index (χ2v) is 4.91. The van der Waals surface area contributed by atoms with Crippen LogP contribution in [0.4, 0.5) is 5.69 Å². The monoisotopic (exact) mass is 296 g/mol. The zero-order valence-corrected chi connectivity index (χ0v) is 12.8. The maximum Gasteiger partial charge on any atom is 0.211 e. The lowest BCUT2D eigenvalue weighted by atomic mass is 9.99. The van der Waals surface area contributed by atoms with Crippen LogP contribution in [0, 0.1) is 5.41 Å². The molecular weight excluding hydrogens is 276 g/mol. The molecule has 0 aliphatic heterocycles. The maximum atomic E-state index is 12.4. The molecule has 2 N–H and O–H groups in total. The van der Waals surface area contributed by atoms with Gasteiger partial charge in [0.05, 0.1) is 7.11 Å². The SMILES string of the molecule is CCCNc1cc(OC)ccc1C(=N)C(=O)c1ccccc1. The van der Waals surface area contributed by atoms with Crippen LogP contribution in [0.3, 0.4) is 0 Å². The largest absolute Gasteiger partial charge is 0.497 e. The summed E-state index contributed by atoms with van der Waals surface area (Å²) >= 11 is 0. The van der Waals surface area contributed by atoms with Crippen LogP contribution in [-0.4, -0.2) is 25.1 Å². The van der Waals surface area contributed by atoms with E-state index in [9.17, 15) is 4.79 Å². The Morgan fingerprint density at radius 2 is 1.91 bits per heavy atom. The Labute approximate surface area is 130 Å². The highest BCUT2D eigenvalue weighted by molar-refractivity contribution is 6.51. The van der Waals surface area contributed by atoms with E-state index in [0.717, 1.165) is 18.7 Å². The molecule has 2 aromatic rings. The molecule has 0 fully saturated rings. The first-order chi connectivity index (χ1) is 10.7. The van der Waals surface area contributed by atoms with E-state index in [0.29, 0.717) is 16.9 Å². The van der Waals surface area contributed by atoms with Crippen LogP contribution < -0.4 is 10.1 Å². The van der Waals surface area contributed by atoms with Crippen molar-refractivity contribution in [3.8, 4) is 5.75 Å². The summed E-state index contributed by atoms with van der Waals surface area (Å²) in [4.78, 5) is 12.4. The molecule has 4 heteroatoms. The fourth-order valence-corrected chi connectivity index (χ4v) is 2.13. The zero-order chi connectivity index (χ0) is 15.9. The van der Waals surface area contributed by atoms with Gasteiger partial charge < -0.3 is 10.1 Å². The first-order valence-electron chi connectivity index (χ1n) is 7.28. The van der Waals surface area contributed by atoms with Gasteiger partial charge >= 0.3 is 0 Å². The second-order valence-electron chi connectivity index (χ2n) is 4.91. The third kappa shape index (κ3) is 3.52. The van der Waals surface area contributed by atoms with Gasteiger partial charge in [-0.2, -0.15) is 0 Å². The molecule has 0 radical (unpaired) electrons. The molecule has 0 saturated heterocycles. The minimum absolute atomic E-state index is 0.0209. The lowest BCUT2D eigenvalue weighted by Crippen LogP contribution is -2.17. The number of rotatable bonds is 7. The molecule has 22 heavy (non-hydrogen) atoms. The Kier molecular flexibility index (Phi) is 5.31. The van der Waals surface area contributed by atoms with Crippen LogP contribution in [0.25, 0.3) is 0 Å². The van der Waals surface area contributed by atoms with E-state index in [4.69, 9.17) is 10.1 Å². The summed E-state index contributed by atoms with van der Waals surface area (Å²) in [5.74, 6) is 0.410. The van der Waals surface area contributed by atoms with E-state index in [1.165, 1.54) is 0 Å². The Balaban J connectivity index is 2.34. The molecule has 0 bridgehead atoms. The molecule has 2 aromatic carbocycles. The molecule has 114 valence electrons. The molecule has 2 rings (SSSR count). The van der Waals surface area contributed by atoms with Gasteiger partial charge in [0.1, 0.15) is 11.5 Å². The summed E-state index contributed by atoms with van der Waals surface area (Å²) in [5.41, 5.74) is 1.83. The van der Waals surface area contributed by atoms with Gasteiger partial charge in [-0.3, -0.25) is 10.2 Å². The van der Waals surface area contributed by atoms with Gasteiger partial charge in [0, 0.05) is 29.4 Å². The molecule has 0 spiro atoms. The number of anilines is 1. The van der Waals surface area contributed by atoms with Crippen molar-refractivity contribution in [1.82, 2.24) is 0 Å². The standard InChI is InChI=1S/C18H20N2O2/c1-3-11-20-16-12-14(22-2)9-10-15(16)17(19)18(21)13-7-5-4-6-8-13/h4-10,12,19-20H,3,11H2,1-2H3. The van der Waals surface area contributed by atoms with Crippen molar-refractivity contribution >= 4 is 17.2 Å². The number of methoxy groups -OCH3 is 1. The van der Waals surface area contributed by atoms with E-state index in [-0.39, 0.29) is 11.5 Å². The Hall–Kier alpha value is -2.62. The molecule has 0 unspecified atom stereocenters. The van der Waals surface area contributed by atoms with Crippen molar-refractivity contribution in [3.05, 3.63) is 59.7 Å². The molecule has 0 aromatic heterocycles. The van der Waals surface area contributed by atoms with Crippen molar-refractivity contribution in [2.24, 2.45) is 0 Å². The second kappa shape index (κ2) is 7.41. The van der Waals surface area contributed by atoms with E-state index >= 15 is 0 Å². The van der Waals surface area contributed by atoms with Crippen molar-refractivity contribution in [2.75, 3.05) is 19.0 Å². The molecule has 0 heterocycles. The Bertz CT molecular complexity index is 666. The molecule has 4 nitrogen and oxygen atoms in total. The minimum Gasteiger partial charge on any atom is -0.497 e. The summed E-state index contributed by atoms with van der Waals surface area (Å²) in [6.07, 6.45) is 0.955. The number of Topliss-reactive ketones (excluding diaryl/α,β-unsaturated/α-hetero) is 1. The number of ketones is 1. The topological polar surface area (TPSA) is 62.2 Å². The maximum absolute atomic E-state index is 12.4. The summed E-state index contributed by atoms with van der Waals surface area (Å²) in [6.45, 7) is 2.83. The summed E-state index contributed by atoms with van der Waals surface area (Å²) in [5, 5.41) is 11.5. The quantitative estimate of drug-likeness (QED) is 0.604. The predicted molar refractivity (Wildman–Crippen MR) is 89.4 cm³/mol. The molecule has 0 atom stereocenters. The van der Waals surface area contributed by atoms with Gasteiger partial charge in [-0.15, -0.1) is 0 Å². The fraction of sp³-hybridized carbons (Fsp3) is 0.222. The normalized spacial score (nSPS) is 10.1. The molecule has 0 saturated carbocycles. The van der Waals surface area contributed by atoms with Crippen molar-refractivity contribution in [3.63, 3.8) is 0 Å². The number of carbonyl (C=O) groups excluding carboxylic acids is 1. The van der Waals surface area contributed by atoms with E-state index in [1.807, 2.05) is 12.1 Å². The van der Waals surface area contributed by atoms with Gasteiger partial charge in [0.15, 0.2) is 0 Å². The van der Waals surface area contributed by atoms with Crippen molar-refractivity contribution < 1.29 is 9.53 Å². The molecule has 0 amide bonds. The predicted octanol–water partition coefficient (Wildman–Crippen LogP) is 3.77. The summed E-state index contributed by atoms with van der Waals surface area (Å²) < 4.78 is 5.22. The Morgan fingerprint density at radius 3 is 2.55 bits per heavy atom. The van der Waals surface area contributed by atoms with Crippen LogP contribution in [-0.2, 0) is 0 Å². The number of benzene rings is 2. The van der Waals surface area contributed by atoms with Gasteiger partial charge in [-0.05, 0) is 18.6 Å². The average molecular weight is 296 g/mol. The van der Waals surface area contributed by atoms with Crippen molar-refractivity contribution in [2.45, 2.75) is 13.3 Å². The average Bonchev–Trinajstić information content (AvgIpc) is 2.59. The van der Waals surface area contributed by atoms with Gasteiger partial charge in [-0.1, -0.05) is 37.3 Å². The number of carbonyl (C=O) groups is 1. The Morgan fingerprint density at radius 1 is 1.18 bits per heavy atom. The van der Waals surface area contributed by atoms with Gasteiger partial charge in [-0.25, -0.2) is 0 Å². The van der Waals surface area contributed by atoms with Crippen LogP contribution >= 0.6 is 0 Å². The third-order valence-corrected chi connectivity index (χ3v) is 3.32. The number of hydrogen-bond donors (Lipinski definition) is 2. The van der Waals surface area contributed by atoms with Gasteiger partial charge in [0.2, 0.25) is 5.78 Å². The number of ether oxygens (including phenoxy) is 1.